The zero-order chi connectivity index (χ0) is 17.8. The van der Waals surface area contributed by atoms with E-state index in [1.165, 1.54) is 20.6 Å². The number of aromatic nitrogens is 1. The first kappa shape index (κ1) is 16.9. The largest absolute Gasteiger partial charge is 0.493 e. The topological polar surface area (TPSA) is 73.6 Å². The molecule has 0 saturated carbocycles. The van der Waals surface area contributed by atoms with Crippen molar-refractivity contribution in [1.29, 1.82) is 0 Å². The van der Waals surface area contributed by atoms with Gasteiger partial charge in [-0.15, -0.1) is 0 Å². The van der Waals surface area contributed by atoms with Crippen molar-refractivity contribution in [3.63, 3.8) is 0 Å². The molecule has 0 fully saturated rings. The van der Waals surface area contributed by atoms with E-state index in [2.05, 4.69) is 10.3 Å². The highest BCUT2D eigenvalue weighted by molar-refractivity contribution is 6.34. The lowest BCUT2D eigenvalue weighted by Gasteiger charge is -2.12. The van der Waals surface area contributed by atoms with Gasteiger partial charge in [0.05, 0.1) is 31.1 Å². The van der Waals surface area contributed by atoms with Crippen molar-refractivity contribution >= 4 is 23.2 Å². The molecule has 7 heteroatoms. The molecule has 128 valence electrons. The van der Waals surface area contributed by atoms with Gasteiger partial charge < -0.3 is 19.2 Å². The van der Waals surface area contributed by atoms with Crippen LogP contribution in [0, 0.1) is 0 Å². The summed E-state index contributed by atoms with van der Waals surface area (Å²) in [5.74, 6) is 1.30. The second-order valence-electron chi connectivity index (χ2n) is 5.08. The third-order valence-electron chi connectivity index (χ3n) is 3.59. The molecule has 0 radical (unpaired) electrons. The van der Waals surface area contributed by atoms with Crippen LogP contribution < -0.4 is 14.8 Å². The Bertz CT molecular complexity index is 877. The highest BCUT2D eigenvalue weighted by Crippen LogP contribution is 2.36. The third kappa shape index (κ3) is 3.59. The molecule has 3 rings (SSSR count). The molecule has 0 aliphatic heterocycles. The van der Waals surface area contributed by atoms with Gasteiger partial charge in [0.15, 0.2) is 23.7 Å². The van der Waals surface area contributed by atoms with E-state index in [4.69, 9.17) is 25.5 Å². The minimum Gasteiger partial charge on any atom is -0.493 e. The van der Waals surface area contributed by atoms with Crippen LogP contribution in [0.3, 0.4) is 0 Å². The van der Waals surface area contributed by atoms with Gasteiger partial charge in [-0.25, -0.2) is 4.98 Å². The van der Waals surface area contributed by atoms with E-state index < -0.39 is 0 Å². The van der Waals surface area contributed by atoms with Crippen LogP contribution in [0.1, 0.15) is 10.4 Å². The molecule has 3 aromatic rings. The van der Waals surface area contributed by atoms with Gasteiger partial charge in [0.2, 0.25) is 0 Å². The number of anilines is 1. The van der Waals surface area contributed by atoms with Gasteiger partial charge >= 0.3 is 0 Å². The SMILES string of the molecule is COc1cc(Cl)c(NC(=O)c2ccc(-c3cnco3)cc2)cc1OC. The third-order valence-corrected chi connectivity index (χ3v) is 3.90. The van der Waals surface area contributed by atoms with Gasteiger partial charge in [0.25, 0.3) is 5.91 Å². The number of nitrogens with one attached hydrogen (secondary N) is 1. The number of hydrogen-bond donors (Lipinski definition) is 1. The molecule has 0 atom stereocenters. The number of hydrogen-bond acceptors (Lipinski definition) is 5. The summed E-state index contributed by atoms with van der Waals surface area (Å²) in [6.45, 7) is 0. The molecule has 1 N–H and O–H groups in total. The monoisotopic (exact) mass is 358 g/mol. The van der Waals surface area contributed by atoms with Crippen LogP contribution >= 0.6 is 11.6 Å². The van der Waals surface area contributed by atoms with Crippen LogP contribution in [-0.2, 0) is 0 Å². The van der Waals surface area contributed by atoms with Crippen LogP contribution in [0.4, 0.5) is 5.69 Å². The Morgan fingerprint density at radius 2 is 1.80 bits per heavy atom. The molecule has 0 bridgehead atoms. The van der Waals surface area contributed by atoms with Gasteiger partial charge in [-0.3, -0.25) is 4.79 Å². The lowest BCUT2D eigenvalue weighted by Crippen LogP contribution is -2.12. The fourth-order valence-electron chi connectivity index (χ4n) is 2.29. The fraction of sp³-hybridized carbons (Fsp3) is 0.111. The standard InChI is InChI=1S/C18H15ClN2O4/c1-23-15-7-13(19)14(8-16(15)24-2)21-18(22)12-5-3-11(4-6-12)17-9-20-10-25-17/h3-10H,1-2H3,(H,21,22). The molecule has 25 heavy (non-hydrogen) atoms. The number of amides is 1. The number of carbonyl (C=O) groups is 1. The first-order valence-corrected chi connectivity index (χ1v) is 7.72. The number of oxazole rings is 1. The number of ether oxygens (including phenoxy) is 2. The number of nitrogens with zero attached hydrogens (tertiary/aromatic N) is 1. The molecule has 0 spiro atoms. The van der Waals surface area contributed by atoms with Crippen molar-refractivity contribution in [2.45, 2.75) is 0 Å². The number of halogens is 1. The number of rotatable bonds is 5. The van der Waals surface area contributed by atoms with Crippen molar-refractivity contribution < 1.29 is 18.7 Å². The predicted molar refractivity (Wildman–Crippen MR) is 94.4 cm³/mol. The minimum absolute atomic E-state index is 0.293. The van der Waals surface area contributed by atoms with Crippen molar-refractivity contribution in [1.82, 2.24) is 4.98 Å². The van der Waals surface area contributed by atoms with Gasteiger partial charge in [0.1, 0.15) is 0 Å². The van der Waals surface area contributed by atoms with Crippen LogP contribution in [0.25, 0.3) is 11.3 Å². The molecule has 1 amide bonds. The molecule has 1 heterocycles. The normalized spacial score (nSPS) is 10.4. The zero-order valence-corrected chi connectivity index (χ0v) is 14.3. The highest BCUT2D eigenvalue weighted by Gasteiger charge is 2.13. The Hall–Kier alpha value is -2.99. The summed E-state index contributed by atoms with van der Waals surface area (Å²) in [6.07, 6.45) is 2.97. The molecule has 1 aromatic heterocycles. The molecule has 2 aromatic carbocycles. The van der Waals surface area contributed by atoms with Crippen LogP contribution in [0.2, 0.25) is 5.02 Å². The molecule has 0 unspecified atom stereocenters. The van der Waals surface area contributed by atoms with Crippen molar-refractivity contribution in [3.05, 3.63) is 59.6 Å². The van der Waals surface area contributed by atoms with Gasteiger partial charge in [-0.05, 0) is 12.1 Å². The van der Waals surface area contributed by atoms with E-state index in [1.54, 1.807) is 42.6 Å². The van der Waals surface area contributed by atoms with Gasteiger partial charge in [-0.2, -0.15) is 0 Å². The summed E-state index contributed by atoms with van der Waals surface area (Å²) < 4.78 is 15.6. The van der Waals surface area contributed by atoms with Crippen LogP contribution in [0.15, 0.2) is 53.4 Å². The highest BCUT2D eigenvalue weighted by atomic mass is 35.5. The average molecular weight is 359 g/mol. The smallest absolute Gasteiger partial charge is 0.255 e. The van der Waals surface area contributed by atoms with Crippen molar-refractivity contribution in [3.8, 4) is 22.8 Å². The summed E-state index contributed by atoms with van der Waals surface area (Å²) >= 11 is 6.19. The van der Waals surface area contributed by atoms with Gasteiger partial charge in [0, 0.05) is 23.3 Å². The summed E-state index contributed by atoms with van der Waals surface area (Å²) in [5, 5.41) is 3.12. The van der Waals surface area contributed by atoms with E-state index in [1.807, 2.05) is 0 Å². The van der Waals surface area contributed by atoms with Crippen molar-refractivity contribution in [2.24, 2.45) is 0 Å². The second kappa shape index (κ2) is 7.27. The maximum absolute atomic E-state index is 12.4. The second-order valence-corrected chi connectivity index (χ2v) is 5.49. The summed E-state index contributed by atoms with van der Waals surface area (Å²) in [6, 6.07) is 10.2. The first-order valence-electron chi connectivity index (χ1n) is 7.34. The van der Waals surface area contributed by atoms with Crippen molar-refractivity contribution in [2.75, 3.05) is 19.5 Å². The summed E-state index contributed by atoms with van der Waals surface area (Å²) in [4.78, 5) is 16.3. The summed E-state index contributed by atoms with van der Waals surface area (Å²) in [7, 11) is 3.03. The Morgan fingerprint density at radius 3 is 2.40 bits per heavy atom. The quantitative estimate of drug-likeness (QED) is 0.737. The molecule has 6 nitrogen and oxygen atoms in total. The average Bonchev–Trinajstić information content (AvgIpc) is 3.17. The number of carbonyl (C=O) groups excluding carboxylic acids is 1. The minimum atomic E-state index is -0.293. The molecule has 0 aliphatic rings. The Morgan fingerprint density at radius 1 is 1.12 bits per heavy atom. The van der Waals surface area contributed by atoms with Crippen LogP contribution in [-0.4, -0.2) is 25.1 Å². The lowest BCUT2D eigenvalue weighted by molar-refractivity contribution is 0.102. The van der Waals surface area contributed by atoms with Gasteiger partial charge in [-0.1, -0.05) is 23.7 Å². The van der Waals surface area contributed by atoms with E-state index >= 15 is 0 Å². The maximum atomic E-state index is 12.4. The van der Waals surface area contributed by atoms with E-state index in [0.717, 1.165) is 5.56 Å². The Labute approximate surface area is 149 Å². The summed E-state index contributed by atoms with van der Waals surface area (Å²) in [5.41, 5.74) is 1.75. The predicted octanol–water partition coefficient (Wildman–Crippen LogP) is 4.26. The van der Waals surface area contributed by atoms with E-state index in [0.29, 0.717) is 33.5 Å². The van der Waals surface area contributed by atoms with E-state index in [-0.39, 0.29) is 5.91 Å². The molecule has 0 saturated heterocycles. The molecule has 0 aliphatic carbocycles. The fourth-order valence-corrected chi connectivity index (χ4v) is 2.49. The lowest BCUT2D eigenvalue weighted by atomic mass is 10.1. The van der Waals surface area contributed by atoms with Crippen LogP contribution in [0.5, 0.6) is 11.5 Å². The maximum Gasteiger partial charge on any atom is 0.255 e. The molecular formula is C18H15ClN2O4. The molecular weight excluding hydrogens is 344 g/mol. The first-order chi connectivity index (χ1) is 12.1. The Balaban J connectivity index is 1.80. The van der Waals surface area contributed by atoms with E-state index in [9.17, 15) is 4.79 Å². The Kier molecular flexibility index (Phi) is 4.90. The number of methoxy groups -OCH3 is 2. The number of benzene rings is 2. The zero-order valence-electron chi connectivity index (χ0n) is 13.6.